The molecule has 17 rings (SSSR count). The molecule has 4 heteroatoms. The summed E-state index contributed by atoms with van der Waals surface area (Å²) < 4.78 is 0. The Bertz CT molecular complexity index is 5460. The van der Waals surface area contributed by atoms with Crippen molar-refractivity contribution in [1.29, 1.82) is 0 Å². The Hall–Kier alpha value is -11.7. The highest BCUT2D eigenvalue weighted by atomic mass is 14.7. The van der Waals surface area contributed by atoms with Crippen molar-refractivity contribution < 1.29 is 0 Å². The van der Waals surface area contributed by atoms with Gasteiger partial charge in [0.1, 0.15) is 0 Å². The molecule has 0 unspecified atom stereocenters. The molecule has 0 fully saturated rings. The number of pyridine rings is 4. The zero-order valence-corrected chi connectivity index (χ0v) is 48.0. The maximum atomic E-state index is 5.31. The largest absolute Gasteiger partial charge is 0.248 e. The first-order chi connectivity index (χ1) is 43.6. The van der Waals surface area contributed by atoms with Crippen LogP contribution in [-0.2, 0) is 0 Å². The molecule has 410 valence electrons. The summed E-state index contributed by atoms with van der Waals surface area (Å²) in [6.07, 6.45) is 0. The summed E-state index contributed by atoms with van der Waals surface area (Å²) in [5, 5.41) is 11.7. The lowest BCUT2D eigenvalue weighted by Crippen LogP contribution is -1.94. The second-order valence-corrected chi connectivity index (χ2v) is 22.4. The summed E-state index contributed by atoms with van der Waals surface area (Å²) in [5.74, 6) is 0. The zero-order chi connectivity index (χ0) is 58.3. The minimum absolute atomic E-state index is 0.965. The third-order valence-electron chi connectivity index (χ3n) is 17.1. The maximum absolute atomic E-state index is 5.31. The van der Waals surface area contributed by atoms with Gasteiger partial charge in [-0.3, -0.25) is 0 Å². The van der Waals surface area contributed by atoms with E-state index in [0.717, 1.165) is 116 Å². The zero-order valence-electron chi connectivity index (χ0n) is 48.0. The topological polar surface area (TPSA) is 51.6 Å². The van der Waals surface area contributed by atoms with E-state index in [2.05, 4.69) is 309 Å². The molecule has 0 aliphatic carbocycles. The molecule has 0 amide bonds. The van der Waals surface area contributed by atoms with Crippen LogP contribution < -0.4 is 0 Å². The lowest BCUT2D eigenvalue weighted by molar-refractivity contribution is 1.39. The van der Waals surface area contributed by atoms with Crippen molar-refractivity contribution >= 4 is 75.9 Å². The van der Waals surface area contributed by atoms with Gasteiger partial charge in [-0.2, -0.15) is 0 Å². The number of hydrogen-bond donors (Lipinski definition) is 0. The minimum atomic E-state index is 0.965. The van der Waals surface area contributed by atoms with Crippen molar-refractivity contribution in [2.45, 2.75) is 0 Å². The molecule has 0 aliphatic heterocycles. The first-order valence-corrected chi connectivity index (χ1v) is 29.9. The van der Waals surface area contributed by atoms with Gasteiger partial charge in [0.25, 0.3) is 0 Å². The molecule has 4 aromatic heterocycles. The normalized spacial score (nSPS) is 11.4. The fourth-order valence-corrected chi connectivity index (χ4v) is 12.8. The average molecular weight is 1120 g/mol. The van der Waals surface area contributed by atoms with Crippen LogP contribution in [0.25, 0.3) is 165 Å². The fourth-order valence-electron chi connectivity index (χ4n) is 12.8. The van der Waals surface area contributed by atoms with Gasteiger partial charge in [-0.05, 0) is 103 Å². The predicted octanol–water partition coefficient (Wildman–Crippen LogP) is 22.4. The van der Waals surface area contributed by atoms with Gasteiger partial charge in [0.2, 0.25) is 0 Å². The lowest BCUT2D eigenvalue weighted by atomic mass is 9.90. The van der Waals surface area contributed by atoms with Crippen LogP contribution in [0.15, 0.2) is 328 Å². The molecule has 13 aromatic carbocycles. The molecule has 0 saturated heterocycles. The van der Waals surface area contributed by atoms with Crippen LogP contribution in [0.5, 0.6) is 0 Å². The third kappa shape index (κ3) is 9.56. The first kappa shape index (κ1) is 51.9. The van der Waals surface area contributed by atoms with E-state index in [-0.39, 0.29) is 0 Å². The van der Waals surface area contributed by atoms with E-state index in [9.17, 15) is 0 Å². The van der Waals surface area contributed by atoms with Gasteiger partial charge in [0, 0.05) is 60.0 Å². The summed E-state index contributed by atoms with van der Waals surface area (Å²) in [7, 11) is 0. The molecule has 17 aromatic rings. The third-order valence-corrected chi connectivity index (χ3v) is 17.1. The summed E-state index contributed by atoms with van der Waals surface area (Å²) in [5.41, 5.74) is 21.8. The second-order valence-electron chi connectivity index (χ2n) is 22.4. The minimum Gasteiger partial charge on any atom is -0.248 e. The number of nitrogens with zero attached hydrogens (tertiary/aromatic N) is 4. The molecule has 0 bridgehead atoms. The monoisotopic (exact) mass is 1120 g/mol. The molecule has 4 heterocycles. The average Bonchev–Trinajstić information content (AvgIpc) is 1.13. The van der Waals surface area contributed by atoms with Crippen LogP contribution in [-0.4, -0.2) is 19.9 Å². The van der Waals surface area contributed by atoms with Crippen LogP contribution in [0.3, 0.4) is 0 Å². The van der Waals surface area contributed by atoms with Gasteiger partial charge in [-0.15, -0.1) is 0 Å². The molecule has 0 atom stereocenters. The molecule has 0 radical (unpaired) electrons. The molecule has 88 heavy (non-hydrogen) atoms. The maximum Gasteiger partial charge on any atom is 0.0794 e. The molecule has 4 nitrogen and oxygen atoms in total. The molecular weight excluding hydrogens is 1060 g/mol. The summed E-state index contributed by atoms with van der Waals surface area (Å²) >= 11 is 0. The van der Waals surface area contributed by atoms with Crippen LogP contribution in [0.1, 0.15) is 0 Å². The number of benzene rings is 13. The quantitative estimate of drug-likeness (QED) is 0.142. The van der Waals surface area contributed by atoms with E-state index in [1.165, 1.54) is 49.4 Å². The predicted molar refractivity (Wildman–Crippen MR) is 370 cm³/mol. The first-order valence-electron chi connectivity index (χ1n) is 29.9. The molecule has 0 saturated carbocycles. The van der Waals surface area contributed by atoms with Gasteiger partial charge in [0.15, 0.2) is 0 Å². The Morgan fingerprint density at radius 3 is 1.03 bits per heavy atom. The number of aromatic nitrogens is 4. The Morgan fingerprint density at radius 1 is 0.170 bits per heavy atom. The van der Waals surface area contributed by atoms with E-state index in [0.29, 0.717) is 0 Å². The van der Waals surface area contributed by atoms with E-state index >= 15 is 0 Å². The van der Waals surface area contributed by atoms with Crippen LogP contribution in [0, 0.1) is 0 Å². The van der Waals surface area contributed by atoms with E-state index in [4.69, 9.17) is 19.9 Å². The SMILES string of the molecule is c1ccc(-c2cc(-c3ccc(-c4ccc5ccccc5n4)cc3)c3cc(-c4ccccc4)c4ccccc4c3n2)cc1.c1ccc(-c2cc(-c3ccc(-c4nc5ccccc5c5ccccc45)cc3)c3cc(-c4ccccc4)c4ccccc4c3n2)cc1. The Morgan fingerprint density at radius 2 is 0.523 bits per heavy atom. The van der Waals surface area contributed by atoms with E-state index in [1.54, 1.807) is 0 Å². The number of rotatable bonds is 8. The second kappa shape index (κ2) is 22.4. The van der Waals surface area contributed by atoms with Gasteiger partial charge in [-0.1, -0.05) is 285 Å². The van der Waals surface area contributed by atoms with Crippen molar-refractivity contribution in [2.24, 2.45) is 0 Å². The van der Waals surface area contributed by atoms with Gasteiger partial charge < -0.3 is 0 Å². The summed E-state index contributed by atoms with van der Waals surface area (Å²) in [4.78, 5) is 20.7. The molecule has 0 N–H and O–H groups in total. The fraction of sp³-hybridized carbons (Fsp3) is 0. The van der Waals surface area contributed by atoms with Gasteiger partial charge in [-0.25, -0.2) is 19.9 Å². The van der Waals surface area contributed by atoms with Crippen molar-refractivity contribution in [3.05, 3.63) is 328 Å². The van der Waals surface area contributed by atoms with E-state index < -0.39 is 0 Å². The highest BCUT2D eigenvalue weighted by molar-refractivity contribution is 6.18. The van der Waals surface area contributed by atoms with Crippen LogP contribution >= 0.6 is 0 Å². The highest BCUT2D eigenvalue weighted by Gasteiger charge is 2.19. The van der Waals surface area contributed by atoms with E-state index in [1.807, 2.05) is 18.2 Å². The summed E-state index contributed by atoms with van der Waals surface area (Å²) in [6, 6.07) is 116. The summed E-state index contributed by atoms with van der Waals surface area (Å²) in [6.45, 7) is 0. The molecule has 0 spiro atoms. The molecule has 0 aliphatic rings. The van der Waals surface area contributed by atoms with Crippen molar-refractivity contribution in [3.8, 4) is 89.5 Å². The molecular formula is C84H54N4. The van der Waals surface area contributed by atoms with Crippen molar-refractivity contribution in [3.63, 3.8) is 0 Å². The lowest BCUT2D eigenvalue weighted by Gasteiger charge is -2.16. The number of hydrogen-bond acceptors (Lipinski definition) is 4. The Labute approximate surface area is 510 Å². The van der Waals surface area contributed by atoms with Crippen LogP contribution in [0.2, 0.25) is 0 Å². The van der Waals surface area contributed by atoms with Crippen molar-refractivity contribution in [1.82, 2.24) is 19.9 Å². The Kier molecular flexibility index (Phi) is 13.2. The van der Waals surface area contributed by atoms with Gasteiger partial charge >= 0.3 is 0 Å². The van der Waals surface area contributed by atoms with Crippen molar-refractivity contribution in [2.75, 3.05) is 0 Å². The Balaban J connectivity index is 0.000000142. The standard InChI is InChI=1S/C44H28N2.C40H26N2/c1-3-13-29(14-4-1)38-27-40-39(28-42(31-15-5-2-6-16-31)46-44(40)37-21-10-8-18-34(37)38)30-23-25-32(26-24-30)43-36-20-9-7-17-33(36)35-19-11-12-22-41(35)45-43;1-3-11-27(12-4-1)34-25-36-35(28-19-21-31(22-20-28)38-24-23-30-15-7-10-18-37(30)41-38)26-39(29-13-5-2-6-14-29)42-40(36)33-17-9-8-16-32(33)34/h1-28H;1-26H. The van der Waals surface area contributed by atoms with Gasteiger partial charge in [0.05, 0.1) is 44.8 Å². The number of fused-ring (bicyclic) bond motifs is 10. The highest BCUT2D eigenvalue weighted by Crippen LogP contribution is 2.43. The smallest absolute Gasteiger partial charge is 0.0794 e. The number of para-hydroxylation sites is 2. The van der Waals surface area contributed by atoms with Crippen LogP contribution in [0.4, 0.5) is 0 Å².